The van der Waals surface area contributed by atoms with E-state index in [0.717, 1.165) is 19.2 Å². The number of hydrogen-bond acceptors (Lipinski definition) is 6. The van der Waals surface area contributed by atoms with Gasteiger partial charge in [0.25, 0.3) is 11.6 Å². The van der Waals surface area contributed by atoms with Gasteiger partial charge in [0.1, 0.15) is 11.3 Å². The maximum Gasteiger partial charge on any atom is 0.305 e. The zero-order valence-corrected chi connectivity index (χ0v) is 15.6. The molecule has 0 aliphatic rings. The van der Waals surface area contributed by atoms with E-state index < -0.39 is 22.4 Å². The lowest BCUT2D eigenvalue weighted by Gasteiger charge is -2.15. The van der Waals surface area contributed by atoms with E-state index >= 15 is 0 Å². The summed E-state index contributed by atoms with van der Waals surface area (Å²) in [5.41, 5.74) is 3.60. The van der Waals surface area contributed by atoms with Crippen molar-refractivity contribution < 1.29 is 18.9 Å². The molecular formula is C17H19ClN4O5. The maximum absolute atomic E-state index is 12.1. The molecule has 9 nitrogen and oxygen atoms in total. The van der Waals surface area contributed by atoms with E-state index in [1.165, 1.54) is 18.2 Å². The van der Waals surface area contributed by atoms with E-state index in [1.807, 2.05) is 13.8 Å². The van der Waals surface area contributed by atoms with Crippen LogP contribution in [-0.4, -0.2) is 34.7 Å². The number of benzene rings is 1. The Bertz CT molecular complexity index is 848. The highest BCUT2D eigenvalue weighted by atomic mass is 35.5. The van der Waals surface area contributed by atoms with E-state index in [1.54, 1.807) is 6.07 Å². The predicted octanol–water partition coefficient (Wildman–Crippen LogP) is 2.76. The predicted molar refractivity (Wildman–Crippen MR) is 98.4 cm³/mol. The Hall–Kier alpha value is -2.91. The number of nitro groups is 1. The molecule has 0 saturated heterocycles. The number of halogens is 1. The molecule has 144 valence electrons. The number of nitrogens with one attached hydrogen (secondary N) is 2. The van der Waals surface area contributed by atoms with E-state index in [0.29, 0.717) is 12.3 Å². The average Bonchev–Trinajstić information content (AvgIpc) is 3.12. The van der Waals surface area contributed by atoms with Crippen molar-refractivity contribution in [1.29, 1.82) is 0 Å². The van der Waals surface area contributed by atoms with Gasteiger partial charge in [-0.3, -0.25) is 35.5 Å². The van der Waals surface area contributed by atoms with E-state index in [2.05, 4.69) is 15.8 Å². The van der Waals surface area contributed by atoms with Crippen molar-refractivity contribution in [3.63, 3.8) is 0 Å². The summed E-state index contributed by atoms with van der Waals surface area (Å²) in [6, 6.07) is 6.78. The fourth-order valence-corrected chi connectivity index (χ4v) is 2.51. The molecule has 0 atom stereocenters. The third kappa shape index (κ3) is 5.28. The highest BCUT2D eigenvalue weighted by Gasteiger charge is 2.21. The minimum atomic E-state index is -0.846. The third-order valence-corrected chi connectivity index (χ3v) is 4.09. The highest BCUT2D eigenvalue weighted by molar-refractivity contribution is 6.31. The van der Waals surface area contributed by atoms with Gasteiger partial charge in [-0.15, -0.1) is 0 Å². The summed E-state index contributed by atoms with van der Waals surface area (Å²) in [5.74, 6) is -0.890. The molecule has 0 saturated carbocycles. The van der Waals surface area contributed by atoms with Crippen LogP contribution in [0.15, 0.2) is 34.7 Å². The van der Waals surface area contributed by atoms with Crippen molar-refractivity contribution in [2.24, 2.45) is 0 Å². The topological polar surface area (TPSA) is 118 Å². The van der Waals surface area contributed by atoms with Gasteiger partial charge in [0.05, 0.1) is 11.5 Å². The molecule has 1 heterocycles. The van der Waals surface area contributed by atoms with E-state index in [-0.39, 0.29) is 16.3 Å². The van der Waals surface area contributed by atoms with Gasteiger partial charge in [-0.1, -0.05) is 25.4 Å². The standard InChI is InChI=1S/C17H19ClN4O5/c1-3-21(4-2)10-12-6-8-15(27-12)17(24)20-19-16(23)13-7-5-11(18)9-14(13)22(25)26/h5-9H,3-4,10H2,1-2H3,(H,19,23)(H,20,24). The number of carbonyl (C=O) groups is 2. The van der Waals surface area contributed by atoms with Crippen LogP contribution in [0, 0.1) is 10.1 Å². The van der Waals surface area contributed by atoms with Gasteiger partial charge >= 0.3 is 5.91 Å². The molecule has 2 rings (SSSR count). The van der Waals surface area contributed by atoms with Crippen LogP contribution >= 0.6 is 11.6 Å². The Morgan fingerprint density at radius 3 is 2.44 bits per heavy atom. The van der Waals surface area contributed by atoms with Crippen molar-refractivity contribution in [3.8, 4) is 0 Å². The molecule has 0 spiro atoms. The first-order valence-electron chi connectivity index (χ1n) is 8.21. The van der Waals surface area contributed by atoms with Crippen molar-refractivity contribution in [2.75, 3.05) is 13.1 Å². The molecule has 2 aromatic rings. The van der Waals surface area contributed by atoms with Gasteiger partial charge in [-0.05, 0) is 37.4 Å². The number of nitro benzene ring substituents is 1. The normalized spacial score (nSPS) is 10.7. The summed E-state index contributed by atoms with van der Waals surface area (Å²) in [5, 5.41) is 11.2. The summed E-state index contributed by atoms with van der Waals surface area (Å²) >= 11 is 5.71. The minimum absolute atomic E-state index is 0.0167. The molecule has 0 aliphatic heterocycles. The molecule has 0 aliphatic carbocycles. The lowest BCUT2D eigenvalue weighted by molar-refractivity contribution is -0.385. The number of furan rings is 1. The van der Waals surface area contributed by atoms with Gasteiger partial charge in [-0.25, -0.2) is 0 Å². The van der Waals surface area contributed by atoms with Crippen LogP contribution in [0.1, 0.15) is 40.5 Å². The van der Waals surface area contributed by atoms with Crippen LogP contribution in [0.4, 0.5) is 5.69 Å². The summed E-state index contributed by atoms with van der Waals surface area (Å²) in [6.07, 6.45) is 0. The molecule has 1 aromatic heterocycles. The second-order valence-corrected chi connectivity index (χ2v) is 5.99. The first-order chi connectivity index (χ1) is 12.8. The van der Waals surface area contributed by atoms with Crippen LogP contribution < -0.4 is 10.9 Å². The van der Waals surface area contributed by atoms with Gasteiger partial charge in [-0.2, -0.15) is 0 Å². The Morgan fingerprint density at radius 1 is 1.15 bits per heavy atom. The Labute approximate surface area is 160 Å². The molecule has 0 fully saturated rings. The quantitative estimate of drug-likeness (QED) is 0.550. The van der Waals surface area contributed by atoms with E-state index in [4.69, 9.17) is 16.0 Å². The van der Waals surface area contributed by atoms with Gasteiger partial charge in [0, 0.05) is 11.1 Å². The zero-order valence-electron chi connectivity index (χ0n) is 14.8. The fourth-order valence-electron chi connectivity index (χ4n) is 2.34. The number of rotatable bonds is 7. The van der Waals surface area contributed by atoms with Crippen LogP contribution in [-0.2, 0) is 6.54 Å². The molecule has 27 heavy (non-hydrogen) atoms. The van der Waals surface area contributed by atoms with Gasteiger partial charge in [0.15, 0.2) is 5.76 Å². The summed E-state index contributed by atoms with van der Waals surface area (Å²) in [6.45, 7) is 6.28. The van der Waals surface area contributed by atoms with Crippen LogP contribution in [0.2, 0.25) is 5.02 Å². The summed E-state index contributed by atoms with van der Waals surface area (Å²) in [4.78, 5) is 36.7. The van der Waals surface area contributed by atoms with Crippen molar-refractivity contribution in [3.05, 3.63) is 62.6 Å². The summed E-state index contributed by atoms with van der Waals surface area (Å²) < 4.78 is 5.46. The monoisotopic (exact) mass is 394 g/mol. The molecule has 0 radical (unpaired) electrons. The largest absolute Gasteiger partial charge is 0.454 e. The molecule has 2 amide bonds. The van der Waals surface area contributed by atoms with Crippen LogP contribution in [0.5, 0.6) is 0 Å². The Kier molecular flexibility index (Phi) is 6.91. The van der Waals surface area contributed by atoms with Crippen LogP contribution in [0.25, 0.3) is 0 Å². The first kappa shape index (κ1) is 20.4. The zero-order chi connectivity index (χ0) is 20.0. The Balaban J connectivity index is 2.01. The van der Waals surface area contributed by atoms with Crippen LogP contribution in [0.3, 0.4) is 0 Å². The number of nitrogens with zero attached hydrogens (tertiary/aromatic N) is 2. The second kappa shape index (κ2) is 9.15. The lowest BCUT2D eigenvalue weighted by Crippen LogP contribution is -2.41. The number of hydrogen-bond donors (Lipinski definition) is 2. The van der Waals surface area contributed by atoms with Gasteiger partial charge in [0.2, 0.25) is 0 Å². The van der Waals surface area contributed by atoms with Gasteiger partial charge < -0.3 is 4.42 Å². The fraction of sp³-hybridized carbons (Fsp3) is 0.294. The molecule has 0 bridgehead atoms. The third-order valence-electron chi connectivity index (χ3n) is 3.85. The molecule has 1 aromatic carbocycles. The lowest BCUT2D eigenvalue weighted by atomic mass is 10.2. The summed E-state index contributed by atoms with van der Waals surface area (Å²) in [7, 11) is 0. The van der Waals surface area contributed by atoms with Crippen molar-refractivity contribution in [1.82, 2.24) is 15.8 Å². The number of hydrazine groups is 1. The van der Waals surface area contributed by atoms with Crippen molar-refractivity contribution in [2.45, 2.75) is 20.4 Å². The molecular weight excluding hydrogens is 376 g/mol. The molecule has 10 heteroatoms. The average molecular weight is 395 g/mol. The Morgan fingerprint density at radius 2 is 1.81 bits per heavy atom. The highest BCUT2D eigenvalue weighted by Crippen LogP contribution is 2.23. The smallest absolute Gasteiger partial charge is 0.305 e. The minimum Gasteiger partial charge on any atom is -0.454 e. The number of amides is 2. The first-order valence-corrected chi connectivity index (χ1v) is 8.59. The molecule has 2 N–H and O–H groups in total. The van der Waals surface area contributed by atoms with E-state index in [9.17, 15) is 19.7 Å². The van der Waals surface area contributed by atoms with Crippen molar-refractivity contribution >= 4 is 29.1 Å². The molecule has 0 unspecified atom stereocenters. The SMILES string of the molecule is CCN(CC)Cc1ccc(C(=O)NNC(=O)c2ccc(Cl)cc2[N+](=O)[O-])o1. The second-order valence-electron chi connectivity index (χ2n) is 5.55. The maximum atomic E-state index is 12.1. The number of carbonyl (C=O) groups excluding carboxylic acids is 2.